The first-order valence-electron chi connectivity index (χ1n) is 5.13. The number of likely N-dealkylation sites (N-methyl/N-ethyl adjacent to an activating group) is 1. The Balaban J connectivity index is 3.15. The van der Waals surface area contributed by atoms with Crippen molar-refractivity contribution in [3.05, 3.63) is 23.3 Å². The van der Waals surface area contributed by atoms with Crippen LogP contribution in [0.25, 0.3) is 0 Å². The first-order valence-corrected chi connectivity index (χ1v) is 5.13. The maximum absolute atomic E-state index is 11.5. The van der Waals surface area contributed by atoms with E-state index in [1.54, 1.807) is 19.1 Å². The van der Waals surface area contributed by atoms with Gasteiger partial charge in [0, 0.05) is 12.7 Å². The largest absolute Gasteiger partial charge is 0.496 e. The fraction of sp³-hybridized carbons (Fsp3) is 0.417. The number of hydrogen-bond donors (Lipinski definition) is 1. The van der Waals surface area contributed by atoms with Gasteiger partial charge in [0.25, 0.3) is 0 Å². The summed E-state index contributed by atoms with van der Waals surface area (Å²) in [6, 6.07) is 3.85. The van der Waals surface area contributed by atoms with E-state index in [4.69, 9.17) is 10.5 Å². The minimum Gasteiger partial charge on any atom is -0.496 e. The Kier molecular flexibility index (Phi) is 3.90. The lowest BCUT2D eigenvalue weighted by Gasteiger charge is -2.20. The zero-order valence-corrected chi connectivity index (χ0v) is 10.2. The molecule has 88 valence electrons. The summed E-state index contributed by atoms with van der Waals surface area (Å²) in [7, 11) is 3.36. The summed E-state index contributed by atoms with van der Waals surface area (Å²) >= 11 is 0. The van der Waals surface area contributed by atoms with Crippen LogP contribution in [0.3, 0.4) is 0 Å². The number of benzene rings is 1. The first-order chi connectivity index (χ1) is 7.51. The van der Waals surface area contributed by atoms with E-state index < -0.39 is 0 Å². The summed E-state index contributed by atoms with van der Waals surface area (Å²) in [5.41, 5.74) is 8.20. The van der Waals surface area contributed by atoms with E-state index in [-0.39, 0.29) is 12.5 Å². The van der Waals surface area contributed by atoms with E-state index in [1.165, 1.54) is 0 Å². The maximum atomic E-state index is 11.5. The summed E-state index contributed by atoms with van der Waals surface area (Å²) in [4.78, 5) is 13.1. The van der Waals surface area contributed by atoms with Crippen molar-refractivity contribution in [2.45, 2.75) is 13.8 Å². The third-order valence-corrected chi connectivity index (χ3v) is 2.62. The standard InChI is InChI=1S/C12H18N2O2/c1-8-6-11(16-4)9(2)5-10(8)14(3)12(15)7-13/h5-6H,7,13H2,1-4H3. The number of hydrogen-bond acceptors (Lipinski definition) is 3. The molecule has 16 heavy (non-hydrogen) atoms. The van der Waals surface area contributed by atoms with Crippen molar-refractivity contribution in [3.8, 4) is 5.75 Å². The Morgan fingerprint density at radius 3 is 2.50 bits per heavy atom. The van der Waals surface area contributed by atoms with Crippen LogP contribution in [0.2, 0.25) is 0 Å². The second-order valence-corrected chi connectivity index (χ2v) is 3.77. The Bertz CT molecular complexity index is 402. The summed E-state index contributed by atoms with van der Waals surface area (Å²) < 4.78 is 5.22. The normalized spacial score (nSPS) is 10.1. The van der Waals surface area contributed by atoms with E-state index in [0.29, 0.717) is 0 Å². The van der Waals surface area contributed by atoms with E-state index >= 15 is 0 Å². The molecule has 0 atom stereocenters. The van der Waals surface area contributed by atoms with Crippen LogP contribution in [0.15, 0.2) is 12.1 Å². The number of carbonyl (C=O) groups is 1. The molecular formula is C12H18N2O2. The fourth-order valence-corrected chi connectivity index (χ4v) is 1.63. The minimum absolute atomic E-state index is 0.0149. The monoisotopic (exact) mass is 222 g/mol. The molecule has 1 aromatic carbocycles. The highest BCUT2D eigenvalue weighted by Gasteiger charge is 2.13. The van der Waals surface area contributed by atoms with Gasteiger partial charge in [0.2, 0.25) is 5.91 Å². The number of carbonyl (C=O) groups excluding carboxylic acids is 1. The zero-order chi connectivity index (χ0) is 12.3. The van der Waals surface area contributed by atoms with Crippen molar-refractivity contribution in [2.24, 2.45) is 5.73 Å². The smallest absolute Gasteiger partial charge is 0.240 e. The second-order valence-electron chi connectivity index (χ2n) is 3.77. The van der Waals surface area contributed by atoms with E-state index in [0.717, 1.165) is 22.6 Å². The lowest BCUT2D eigenvalue weighted by atomic mass is 10.1. The van der Waals surface area contributed by atoms with Crippen molar-refractivity contribution < 1.29 is 9.53 Å². The van der Waals surface area contributed by atoms with Crippen LogP contribution >= 0.6 is 0 Å². The average Bonchev–Trinajstić information content (AvgIpc) is 2.29. The highest BCUT2D eigenvalue weighted by molar-refractivity contribution is 5.95. The molecule has 0 aliphatic heterocycles. The number of nitrogens with zero attached hydrogens (tertiary/aromatic N) is 1. The molecule has 0 bridgehead atoms. The fourth-order valence-electron chi connectivity index (χ4n) is 1.63. The number of nitrogens with two attached hydrogens (primary N) is 1. The summed E-state index contributed by atoms with van der Waals surface area (Å²) in [6.07, 6.45) is 0. The number of anilines is 1. The van der Waals surface area contributed by atoms with Gasteiger partial charge in [-0.2, -0.15) is 0 Å². The van der Waals surface area contributed by atoms with Crippen molar-refractivity contribution in [1.82, 2.24) is 0 Å². The second kappa shape index (κ2) is 4.99. The molecule has 0 saturated carbocycles. The molecule has 0 unspecified atom stereocenters. The summed E-state index contributed by atoms with van der Waals surface area (Å²) in [5.74, 6) is 0.725. The zero-order valence-electron chi connectivity index (χ0n) is 10.2. The maximum Gasteiger partial charge on any atom is 0.240 e. The van der Waals surface area contributed by atoms with Gasteiger partial charge in [-0.3, -0.25) is 4.79 Å². The van der Waals surface area contributed by atoms with Gasteiger partial charge in [0.15, 0.2) is 0 Å². The van der Waals surface area contributed by atoms with Crippen LogP contribution in [0.4, 0.5) is 5.69 Å². The van der Waals surface area contributed by atoms with Gasteiger partial charge in [-0.1, -0.05) is 0 Å². The van der Waals surface area contributed by atoms with Gasteiger partial charge < -0.3 is 15.4 Å². The molecule has 1 rings (SSSR count). The summed E-state index contributed by atoms with van der Waals surface area (Å²) in [6.45, 7) is 3.90. The van der Waals surface area contributed by atoms with Crippen LogP contribution in [-0.4, -0.2) is 26.6 Å². The molecule has 1 amide bonds. The number of methoxy groups -OCH3 is 1. The van der Waals surface area contributed by atoms with Crippen molar-refractivity contribution in [2.75, 3.05) is 25.6 Å². The lowest BCUT2D eigenvalue weighted by molar-refractivity contribution is -0.117. The van der Waals surface area contributed by atoms with Gasteiger partial charge >= 0.3 is 0 Å². The molecule has 0 heterocycles. The first kappa shape index (κ1) is 12.5. The van der Waals surface area contributed by atoms with E-state index in [9.17, 15) is 4.79 Å². The van der Waals surface area contributed by atoms with Crippen LogP contribution < -0.4 is 15.4 Å². The van der Waals surface area contributed by atoms with Crippen LogP contribution in [0.1, 0.15) is 11.1 Å². The predicted molar refractivity (Wildman–Crippen MR) is 64.9 cm³/mol. The molecule has 0 aromatic heterocycles. The molecule has 2 N–H and O–H groups in total. The molecule has 0 fully saturated rings. The molecular weight excluding hydrogens is 204 g/mol. The van der Waals surface area contributed by atoms with Gasteiger partial charge in [-0.25, -0.2) is 0 Å². The molecule has 0 saturated heterocycles. The number of rotatable bonds is 3. The van der Waals surface area contributed by atoms with E-state index in [2.05, 4.69) is 0 Å². The van der Waals surface area contributed by atoms with E-state index in [1.807, 2.05) is 26.0 Å². The van der Waals surface area contributed by atoms with Crippen LogP contribution in [0.5, 0.6) is 5.75 Å². The summed E-state index contributed by atoms with van der Waals surface area (Å²) in [5, 5.41) is 0. The van der Waals surface area contributed by atoms with Crippen LogP contribution in [0, 0.1) is 13.8 Å². The van der Waals surface area contributed by atoms with Gasteiger partial charge in [-0.15, -0.1) is 0 Å². The number of ether oxygens (including phenoxy) is 1. The van der Waals surface area contributed by atoms with Crippen molar-refractivity contribution in [1.29, 1.82) is 0 Å². The molecule has 1 aromatic rings. The Morgan fingerprint density at radius 1 is 1.38 bits per heavy atom. The molecule has 0 spiro atoms. The highest BCUT2D eigenvalue weighted by atomic mass is 16.5. The van der Waals surface area contributed by atoms with Crippen LogP contribution in [-0.2, 0) is 4.79 Å². The van der Waals surface area contributed by atoms with Gasteiger partial charge in [0.1, 0.15) is 5.75 Å². The number of amides is 1. The molecule has 0 aliphatic carbocycles. The quantitative estimate of drug-likeness (QED) is 0.837. The molecule has 4 heteroatoms. The Labute approximate surface area is 96.0 Å². The minimum atomic E-state index is -0.104. The Hall–Kier alpha value is -1.55. The van der Waals surface area contributed by atoms with Gasteiger partial charge in [-0.05, 0) is 37.1 Å². The molecule has 4 nitrogen and oxygen atoms in total. The van der Waals surface area contributed by atoms with Crippen molar-refractivity contribution >= 4 is 11.6 Å². The SMILES string of the molecule is COc1cc(C)c(N(C)C(=O)CN)cc1C. The predicted octanol–water partition coefficient (Wildman–Crippen LogP) is 1.23. The third-order valence-electron chi connectivity index (χ3n) is 2.62. The molecule has 0 aliphatic rings. The molecule has 0 radical (unpaired) electrons. The third kappa shape index (κ3) is 2.33. The average molecular weight is 222 g/mol. The highest BCUT2D eigenvalue weighted by Crippen LogP contribution is 2.27. The number of aryl methyl sites for hydroxylation is 2. The van der Waals surface area contributed by atoms with Gasteiger partial charge in [0.05, 0.1) is 13.7 Å². The Morgan fingerprint density at radius 2 is 2.00 bits per heavy atom. The topological polar surface area (TPSA) is 55.6 Å². The lowest BCUT2D eigenvalue weighted by Crippen LogP contribution is -2.33. The van der Waals surface area contributed by atoms with Crippen molar-refractivity contribution in [3.63, 3.8) is 0 Å².